The molecule has 0 aliphatic rings. The van der Waals surface area contributed by atoms with Crippen LogP contribution in [-0.4, -0.2) is 95.9 Å². The molecule has 4 N–H and O–H groups in total. The van der Waals surface area contributed by atoms with Gasteiger partial charge in [-0.15, -0.1) is 0 Å². The van der Waals surface area contributed by atoms with Gasteiger partial charge in [0.15, 0.2) is 6.10 Å². The lowest BCUT2D eigenvalue weighted by atomic mass is 10.0. The highest BCUT2D eigenvalue weighted by Crippen LogP contribution is 2.45. The SMILES string of the molecule is CC/C=C\C/C=C\C/C=C\C/C=C\C/C=C\C/C=C\CCCCCCCCCCCCCCCCCCC(=O)OCC(O)COP(=O)(O)OCC(O)COP(=O)(O)OCC(COC(=O)CCCCCCCCCCCCCCCCC/C=C\C/C=C\C/C=C\C/C=C\CCCCC)OC(=O)CCCCCCCCCCCCCCC/C=C\C/C=C\C/C=C\C/C=C\C/C=C\CC. The number of carbonyl (C=O) groups is 3. The van der Waals surface area contributed by atoms with Crippen molar-refractivity contribution in [2.45, 2.75) is 476 Å². The van der Waals surface area contributed by atoms with Crippen LogP contribution >= 0.6 is 15.6 Å². The highest BCUT2D eigenvalue weighted by Gasteiger charge is 2.30. The van der Waals surface area contributed by atoms with Crippen LogP contribution in [0.15, 0.2) is 182 Å². The number of aliphatic hydroxyl groups excluding tert-OH is 2. The van der Waals surface area contributed by atoms with Gasteiger partial charge in [0.05, 0.1) is 26.4 Å². The zero-order chi connectivity index (χ0) is 95.0. The maximum Gasteiger partial charge on any atom is 0.472 e. The van der Waals surface area contributed by atoms with Crippen molar-refractivity contribution in [2.75, 3.05) is 39.6 Å². The molecule has 5 unspecified atom stereocenters. The second-order valence-electron chi connectivity index (χ2n) is 35.3. The molecule has 0 aromatic rings. The average Bonchev–Trinajstić information content (AvgIpc) is 0.896. The summed E-state index contributed by atoms with van der Waals surface area (Å²) in [7, 11) is -9.82. The smallest absolute Gasteiger partial charge is 0.463 e. The predicted octanol–water partition coefficient (Wildman–Crippen LogP) is 33.9. The zero-order valence-electron chi connectivity index (χ0n) is 83.5. The molecule has 0 fully saturated rings. The predicted molar refractivity (Wildman–Crippen MR) is 555 cm³/mol. The summed E-state index contributed by atoms with van der Waals surface area (Å²) in [6.45, 7) is 2.51. The van der Waals surface area contributed by atoms with Crippen molar-refractivity contribution in [3.8, 4) is 0 Å². The molecule has 0 aromatic carbocycles. The van der Waals surface area contributed by atoms with E-state index in [1.165, 1.54) is 238 Å². The minimum atomic E-state index is -4.95. The van der Waals surface area contributed by atoms with Crippen LogP contribution < -0.4 is 0 Å². The number of esters is 3. The molecule has 0 rings (SSSR count). The normalized spacial score (nSPS) is 14.3. The second-order valence-corrected chi connectivity index (χ2v) is 38.2. The molecule has 0 heterocycles. The molecule has 0 radical (unpaired) electrons. The fraction of sp³-hybridized carbons (Fsp3) is 0.708. The van der Waals surface area contributed by atoms with E-state index in [0.717, 1.165) is 161 Å². The van der Waals surface area contributed by atoms with Gasteiger partial charge in [-0.3, -0.25) is 32.5 Å². The van der Waals surface area contributed by atoms with E-state index in [-0.39, 0.29) is 19.3 Å². The van der Waals surface area contributed by atoms with Crippen LogP contribution in [0.1, 0.15) is 457 Å². The molecule has 5 atom stereocenters. The number of phosphoric ester groups is 2. The Hall–Kier alpha value is -5.35. The fourth-order valence-corrected chi connectivity index (χ4v) is 16.2. The van der Waals surface area contributed by atoms with Crippen LogP contribution in [0.3, 0.4) is 0 Å². The molecule has 0 aromatic heterocycles. The Kier molecular flexibility index (Phi) is 99.3. The molecule has 0 spiro atoms. The second kappa shape index (κ2) is 104. The first-order valence-corrected chi connectivity index (χ1v) is 56.1. The largest absolute Gasteiger partial charge is 0.472 e. The van der Waals surface area contributed by atoms with Crippen LogP contribution in [0.4, 0.5) is 0 Å². The standard InChI is InChI=1S/C113H194O16P2/c1-4-7-10-13-16-19-22-25-28-31-34-37-40-43-46-49-51-52-53-54-56-59-60-63-66-69-72-75-78-81-84-87-90-93-96-99-111(116)123-102-108(114)103-125-130(119,120)126-104-109(115)105-127-131(121,122)128-107-110(129-113(118)101-98-95-92-89-86-83-80-77-74-71-68-65-62-57-48-45-42-39-36-33-30-27-24-21-18-15-12-9-6-3)106-124-112(117)100-97-94-91-88-85-82-79-76-73-70-67-64-61-58-55-50-47-44-41-38-35-32-29-26-23-20-17-14-11-8-5-2/h7,9-10,12,16-21,25-30,34-39,43-48,51-52,108-110,114-115H,4-6,8,11,13-15,22-24,31-33,40-42,49-50,53-107H2,1-3H3,(H,119,120)(H,121,122)/b10-7-,12-9-,19-16-,20-17-,21-18-,28-25-,29-26-,30-27-,37-34-,38-35-,39-36-,46-43-,47-44-,48-45-,52-51-. The van der Waals surface area contributed by atoms with Crippen molar-refractivity contribution < 1.29 is 75.8 Å². The Morgan fingerprint density at radius 3 is 0.641 bits per heavy atom. The molecule has 16 nitrogen and oxygen atoms in total. The highest BCUT2D eigenvalue weighted by molar-refractivity contribution is 7.47. The summed E-state index contributed by atoms with van der Waals surface area (Å²) in [6.07, 6.45) is 138. The Morgan fingerprint density at radius 2 is 0.405 bits per heavy atom. The maximum absolute atomic E-state index is 13.1. The molecule has 131 heavy (non-hydrogen) atoms. The lowest BCUT2D eigenvalue weighted by molar-refractivity contribution is -0.161. The van der Waals surface area contributed by atoms with E-state index >= 15 is 0 Å². The minimum absolute atomic E-state index is 0.100. The van der Waals surface area contributed by atoms with E-state index in [1.54, 1.807) is 0 Å². The third-order valence-electron chi connectivity index (χ3n) is 22.6. The van der Waals surface area contributed by atoms with Crippen molar-refractivity contribution in [2.24, 2.45) is 0 Å². The van der Waals surface area contributed by atoms with Gasteiger partial charge in [0.2, 0.25) is 0 Å². The molecule has 0 aliphatic heterocycles. The molecule has 752 valence electrons. The van der Waals surface area contributed by atoms with Crippen molar-refractivity contribution in [1.29, 1.82) is 0 Å². The highest BCUT2D eigenvalue weighted by atomic mass is 31.2. The minimum Gasteiger partial charge on any atom is -0.463 e. The van der Waals surface area contributed by atoms with Gasteiger partial charge in [-0.05, 0) is 161 Å². The first-order chi connectivity index (χ1) is 64.2. The average molecular weight is 1870 g/mol. The van der Waals surface area contributed by atoms with Crippen LogP contribution in [0.5, 0.6) is 0 Å². The van der Waals surface area contributed by atoms with Gasteiger partial charge in [-0.1, -0.05) is 460 Å². The molecule has 18 heteroatoms. The number of hydrogen-bond donors (Lipinski definition) is 4. The molecular weight excluding hydrogens is 1680 g/mol. The number of allylic oxidation sites excluding steroid dienone is 30. The number of phosphoric acid groups is 2. The van der Waals surface area contributed by atoms with E-state index in [9.17, 15) is 43.5 Å². The van der Waals surface area contributed by atoms with Crippen molar-refractivity contribution in [1.82, 2.24) is 0 Å². The van der Waals surface area contributed by atoms with Gasteiger partial charge in [-0.2, -0.15) is 0 Å². The quantitative estimate of drug-likeness (QED) is 0.0146. The van der Waals surface area contributed by atoms with E-state index in [2.05, 4.69) is 203 Å². The van der Waals surface area contributed by atoms with Gasteiger partial charge in [0, 0.05) is 19.3 Å². The van der Waals surface area contributed by atoms with E-state index in [4.69, 9.17) is 32.3 Å². The zero-order valence-corrected chi connectivity index (χ0v) is 85.2. The maximum atomic E-state index is 13.1. The van der Waals surface area contributed by atoms with Gasteiger partial charge in [-0.25, -0.2) is 9.13 Å². The van der Waals surface area contributed by atoms with Crippen molar-refractivity contribution in [3.05, 3.63) is 182 Å². The molecule has 0 amide bonds. The molecule has 0 saturated carbocycles. The van der Waals surface area contributed by atoms with Crippen LogP contribution in [0.2, 0.25) is 0 Å². The lowest BCUT2D eigenvalue weighted by Crippen LogP contribution is -2.30. The van der Waals surface area contributed by atoms with E-state index in [1.807, 2.05) is 0 Å². The Labute approximate surface area is 802 Å². The summed E-state index contributed by atoms with van der Waals surface area (Å²) < 4.78 is 61.8. The third-order valence-corrected chi connectivity index (χ3v) is 24.5. The van der Waals surface area contributed by atoms with Crippen molar-refractivity contribution >= 4 is 33.6 Å². The van der Waals surface area contributed by atoms with Gasteiger partial charge < -0.3 is 34.2 Å². The van der Waals surface area contributed by atoms with Gasteiger partial charge in [0.1, 0.15) is 25.4 Å². The van der Waals surface area contributed by atoms with E-state index < -0.39 is 91.5 Å². The van der Waals surface area contributed by atoms with E-state index in [0.29, 0.717) is 19.3 Å². The summed E-state index contributed by atoms with van der Waals surface area (Å²) >= 11 is 0. The number of hydrogen-bond acceptors (Lipinski definition) is 14. The van der Waals surface area contributed by atoms with Gasteiger partial charge in [0.25, 0.3) is 0 Å². The first kappa shape index (κ1) is 126. The Balaban J connectivity index is 4.59. The summed E-state index contributed by atoms with van der Waals surface area (Å²) in [5.74, 6) is -1.56. The summed E-state index contributed by atoms with van der Waals surface area (Å²) in [4.78, 5) is 59.3. The lowest BCUT2D eigenvalue weighted by Gasteiger charge is -2.21. The fourth-order valence-electron chi connectivity index (χ4n) is 14.7. The number of carbonyl (C=O) groups excluding carboxylic acids is 3. The number of rotatable bonds is 100. The summed E-state index contributed by atoms with van der Waals surface area (Å²) in [5.41, 5.74) is 0. The van der Waals surface area contributed by atoms with Gasteiger partial charge >= 0.3 is 33.6 Å². The molecule has 0 aliphatic carbocycles. The third kappa shape index (κ3) is 105. The molecule has 0 bridgehead atoms. The Bertz CT molecular complexity index is 3110. The topological polar surface area (TPSA) is 231 Å². The van der Waals surface area contributed by atoms with Crippen LogP contribution in [0.25, 0.3) is 0 Å². The summed E-state index contributed by atoms with van der Waals surface area (Å²) in [5, 5.41) is 20.8. The van der Waals surface area contributed by atoms with Crippen LogP contribution in [0, 0.1) is 0 Å². The molecular formula is C113H194O16P2. The number of aliphatic hydroxyl groups is 2. The summed E-state index contributed by atoms with van der Waals surface area (Å²) in [6, 6.07) is 0. The van der Waals surface area contributed by atoms with Crippen molar-refractivity contribution in [3.63, 3.8) is 0 Å². The number of unbranched alkanes of at least 4 members (excludes halogenated alkanes) is 47. The molecule has 0 saturated heterocycles. The monoisotopic (exact) mass is 1870 g/mol. The number of ether oxygens (including phenoxy) is 3. The van der Waals surface area contributed by atoms with Crippen LogP contribution in [-0.2, 0) is 55.8 Å². The first-order valence-electron chi connectivity index (χ1n) is 53.1. The Morgan fingerprint density at radius 1 is 0.221 bits per heavy atom.